The molecule has 1 unspecified atom stereocenters. The lowest BCUT2D eigenvalue weighted by molar-refractivity contribution is 0.0938. The van der Waals surface area contributed by atoms with Crippen LogP contribution in [0.15, 0.2) is 67.0 Å². The molecule has 1 atom stereocenters. The molecule has 1 amide bonds. The summed E-state index contributed by atoms with van der Waals surface area (Å²) >= 11 is 1.54. The van der Waals surface area contributed by atoms with E-state index in [1.807, 2.05) is 53.2 Å². The summed E-state index contributed by atoms with van der Waals surface area (Å²) in [5.74, 6) is 0.793. The molecule has 3 aromatic heterocycles. The van der Waals surface area contributed by atoms with Crippen LogP contribution in [0, 0.1) is 0 Å². The van der Waals surface area contributed by atoms with E-state index < -0.39 is 0 Å². The van der Waals surface area contributed by atoms with Crippen molar-refractivity contribution >= 4 is 38.2 Å². The number of aromatic nitrogens is 3. The van der Waals surface area contributed by atoms with Gasteiger partial charge in [0.1, 0.15) is 5.75 Å². The molecule has 6 rings (SSSR count). The molecular weight excluding hydrogens is 432 g/mol. The molecule has 6 nitrogen and oxygen atoms in total. The Bertz CT molecular complexity index is 1470. The van der Waals surface area contributed by atoms with Gasteiger partial charge in [0.15, 0.2) is 0 Å². The largest absolute Gasteiger partial charge is 0.497 e. The average Bonchev–Trinajstić information content (AvgIpc) is 3.47. The fourth-order valence-corrected chi connectivity index (χ4v) is 5.51. The average molecular weight is 455 g/mol. The zero-order valence-electron chi connectivity index (χ0n) is 18.1. The van der Waals surface area contributed by atoms with Crippen LogP contribution in [0.3, 0.4) is 0 Å². The number of fused-ring (bicyclic) bond motifs is 3. The molecule has 2 aromatic carbocycles. The number of carbonyl (C=O) groups is 1. The highest BCUT2D eigenvalue weighted by Crippen LogP contribution is 2.29. The number of thiophene rings is 1. The summed E-state index contributed by atoms with van der Waals surface area (Å²) in [6, 6.07) is 18.0. The van der Waals surface area contributed by atoms with Crippen LogP contribution >= 0.6 is 11.3 Å². The number of carbonyl (C=O) groups excluding carboxylic acids is 1. The number of aryl methyl sites for hydroxylation is 1. The van der Waals surface area contributed by atoms with Crippen molar-refractivity contribution in [3.05, 3.63) is 83.1 Å². The molecule has 1 aliphatic rings. The van der Waals surface area contributed by atoms with Gasteiger partial charge in [-0.25, -0.2) is 4.68 Å². The number of ether oxygens (including phenoxy) is 1. The maximum atomic E-state index is 12.9. The Balaban J connectivity index is 1.24. The van der Waals surface area contributed by atoms with Crippen LogP contribution in [0.4, 0.5) is 0 Å². The summed E-state index contributed by atoms with van der Waals surface area (Å²) in [4.78, 5) is 18.1. The lowest BCUT2D eigenvalue weighted by atomic mass is 9.93. The topological polar surface area (TPSA) is 69.0 Å². The van der Waals surface area contributed by atoms with Crippen LogP contribution in [-0.2, 0) is 12.8 Å². The minimum absolute atomic E-state index is 0.00395. The molecule has 0 bridgehead atoms. The van der Waals surface area contributed by atoms with E-state index >= 15 is 0 Å². The third-order valence-electron chi connectivity index (χ3n) is 6.23. The molecule has 33 heavy (non-hydrogen) atoms. The Labute approximate surface area is 194 Å². The Morgan fingerprint density at radius 1 is 1.18 bits per heavy atom. The van der Waals surface area contributed by atoms with Crippen LogP contribution in [0.1, 0.15) is 27.3 Å². The third kappa shape index (κ3) is 3.64. The van der Waals surface area contributed by atoms with Crippen molar-refractivity contribution in [1.29, 1.82) is 0 Å². The third-order valence-corrected chi connectivity index (χ3v) is 7.35. The van der Waals surface area contributed by atoms with E-state index in [9.17, 15) is 4.79 Å². The molecule has 0 spiro atoms. The van der Waals surface area contributed by atoms with Crippen molar-refractivity contribution in [2.75, 3.05) is 7.11 Å². The molecule has 0 saturated carbocycles. The molecule has 3 heterocycles. The highest BCUT2D eigenvalue weighted by molar-refractivity contribution is 7.20. The van der Waals surface area contributed by atoms with Crippen LogP contribution in [0.2, 0.25) is 0 Å². The van der Waals surface area contributed by atoms with E-state index in [0.717, 1.165) is 62.3 Å². The van der Waals surface area contributed by atoms with Gasteiger partial charge in [-0.2, -0.15) is 5.10 Å². The fourth-order valence-electron chi connectivity index (χ4n) is 4.54. The number of hydrogen-bond donors (Lipinski definition) is 1. The second-order valence-electron chi connectivity index (χ2n) is 8.32. The first-order valence-corrected chi connectivity index (χ1v) is 11.8. The lowest BCUT2D eigenvalue weighted by Crippen LogP contribution is -2.38. The van der Waals surface area contributed by atoms with Gasteiger partial charge in [-0.05, 0) is 66.6 Å². The summed E-state index contributed by atoms with van der Waals surface area (Å²) < 4.78 is 8.47. The Kier molecular flexibility index (Phi) is 4.84. The second kappa shape index (κ2) is 8.01. The Morgan fingerprint density at radius 2 is 2.09 bits per heavy atom. The molecule has 0 aliphatic heterocycles. The normalized spacial score (nSPS) is 15.5. The summed E-state index contributed by atoms with van der Waals surface area (Å²) in [5, 5.41) is 10.2. The molecule has 5 aromatic rings. The number of nitrogens with zero attached hydrogens (tertiary/aromatic N) is 3. The number of hydrogen-bond acceptors (Lipinski definition) is 5. The SMILES string of the molecule is COc1ccc2nccc(-n3cc4c(n3)CCC(NC(=O)c3cc5ccccc5s3)C4)c2c1. The summed E-state index contributed by atoms with van der Waals surface area (Å²) in [6.45, 7) is 0. The van der Waals surface area contributed by atoms with E-state index in [1.165, 1.54) is 5.56 Å². The first-order valence-electron chi connectivity index (χ1n) is 11.0. The van der Waals surface area contributed by atoms with E-state index in [0.29, 0.717) is 0 Å². The Hall–Kier alpha value is -3.71. The molecule has 1 N–H and O–H groups in total. The highest BCUT2D eigenvalue weighted by Gasteiger charge is 2.24. The van der Waals surface area contributed by atoms with Gasteiger partial charge in [0.05, 0.1) is 28.9 Å². The lowest BCUT2D eigenvalue weighted by Gasteiger charge is -2.22. The first kappa shape index (κ1) is 19.9. The van der Waals surface area contributed by atoms with E-state index in [4.69, 9.17) is 9.84 Å². The number of pyridine rings is 1. The zero-order valence-corrected chi connectivity index (χ0v) is 18.9. The van der Waals surface area contributed by atoms with Crippen LogP contribution < -0.4 is 10.1 Å². The van der Waals surface area contributed by atoms with Gasteiger partial charge in [0.25, 0.3) is 5.91 Å². The van der Waals surface area contributed by atoms with Gasteiger partial charge < -0.3 is 10.1 Å². The summed E-state index contributed by atoms with van der Waals surface area (Å²) in [5.41, 5.74) is 4.14. The van der Waals surface area contributed by atoms with Gasteiger partial charge >= 0.3 is 0 Å². The zero-order chi connectivity index (χ0) is 22.4. The van der Waals surface area contributed by atoms with Gasteiger partial charge in [0.2, 0.25) is 0 Å². The Morgan fingerprint density at radius 3 is 2.97 bits per heavy atom. The summed E-state index contributed by atoms with van der Waals surface area (Å²) in [6.07, 6.45) is 6.39. The summed E-state index contributed by atoms with van der Waals surface area (Å²) in [7, 11) is 1.66. The second-order valence-corrected chi connectivity index (χ2v) is 9.40. The van der Waals surface area contributed by atoms with Gasteiger partial charge in [-0.1, -0.05) is 18.2 Å². The van der Waals surface area contributed by atoms with E-state index in [2.05, 4.69) is 22.6 Å². The smallest absolute Gasteiger partial charge is 0.261 e. The first-order chi connectivity index (χ1) is 16.2. The van der Waals surface area contributed by atoms with Gasteiger partial charge in [-0.3, -0.25) is 9.78 Å². The molecule has 1 aliphatic carbocycles. The number of benzene rings is 2. The van der Waals surface area contributed by atoms with Crippen molar-refractivity contribution in [2.45, 2.75) is 25.3 Å². The standard InChI is InChI=1S/C26H22N4O2S/c1-32-19-7-9-22-20(14-19)23(10-11-27-22)30-15-17-12-18(6-8-21(17)29-30)28-26(31)25-13-16-4-2-3-5-24(16)33-25/h2-5,7,9-11,13-15,18H,6,8,12H2,1H3,(H,28,31). The van der Waals surface area contributed by atoms with Crippen molar-refractivity contribution in [3.8, 4) is 11.4 Å². The maximum absolute atomic E-state index is 12.9. The molecule has 0 saturated heterocycles. The van der Waals surface area contributed by atoms with Crippen LogP contribution in [0.25, 0.3) is 26.7 Å². The van der Waals surface area contributed by atoms with Crippen LogP contribution in [-0.4, -0.2) is 33.8 Å². The molecule has 0 radical (unpaired) electrons. The van der Waals surface area contributed by atoms with Crippen molar-refractivity contribution in [3.63, 3.8) is 0 Å². The van der Waals surface area contributed by atoms with Crippen molar-refractivity contribution < 1.29 is 9.53 Å². The number of rotatable bonds is 4. The molecule has 164 valence electrons. The molecular formula is C26H22N4O2S. The van der Waals surface area contributed by atoms with E-state index in [-0.39, 0.29) is 11.9 Å². The minimum atomic E-state index is 0.00395. The fraction of sp³-hybridized carbons (Fsp3) is 0.192. The van der Waals surface area contributed by atoms with Crippen molar-refractivity contribution in [2.24, 2.45) is 0 Å². The van der Waals surface area contributed by atoms with Crippen LogP contribution in [0.5, 0.6) is 5.75 Å². The number of methoxy groups -OCH3 is 1. The molecule has 7 heteroatoms. The van der Waals surface area contributed by atoms with Crippen molar-refractivity contribution in [1.82, 2.24) is 20.1 Å². The highest BCUT2D eigenvalue weighted by atomic mass is 32.1. The van der Waals surface area contributed by atoms with E-state index in [1.54, 1.807) is 24.6 Å². The quantitative estimate of drug-likeness (QED) is 0.418. The monoisotopic (exact) mass is 454 g/mol. The molecule has 0 fully saturated rings. The predicted octanol–water partition coefficient (Wildman–Crippen LogP) is 4.93. The number of amides is 1. The number of nitrogens with one attached hydrogen (secondary N) is 1. The van der Waals surface area contributed by atoms with Gasteiger partial charge in [-0.15, -0.1) is 11.3 Å². The predicted molar refractivity (Wildman–Crippen MR) is 131 cm³/mol. The maximum Gasteiger partial charge on any atom is 0.261 e. The van der Waals surface area contributed by atoms with Gasteiger partial charge in [0, 0.05) is 28.5 Å². The minimum Gasteiger partial charge on any atom is -0.497 e.